The smallest absolute Gasteiger partial charge is 0.189 e. The number of benzene rings is 1. The first kappa shape index (κ1) is 19.7. The highest BCUT2D eigenvalue weighted by molar-refractivity contribution is 5.59. The Morgan fingerprint density at radius 3 is 2.60 bits per heavy atom. The third-order valence-corrected chi connectivity index (χ3v) is 5.07. The van der Waals surface area contributed by atoms with E-state index in [2.05, 4.69) is 20.8 Å². The molecular formula is C20H30O5. The van der Waals surface area contributed by atoms with E-state index < -0.39 is 0 Å². The summed E-state index contributed by atoms with van der Waals surface area (Å²) >= 11 is 0. The van der Waals surface area contributed by atoms with E-state index >= 15 is 0 Å². The van der Waals surface area contributed by atoms with Gasteiger partial charge in [-0.15, -0.1) is 0 Å². The number of fused-ring (bicyclic) bond motifs is 1. The van der Waals surface area contributed by atoms with Crippen molar-refractivity contribution in [1.82, 2.24) is 0 Å². The number of hydrogen-bond acceptors (Lipinski definition) is 5. The van der Waals surface area contributed by atoms with Gasteiger partial charge in [0, 0.05) is 19.1 Å². The van der Waals surface area contributed by atoms with E-state index in [4.69, 9.17) is 18.9 Å². The summed E-state index contributed by atoms with van der Waals surface area (Å²) in [7, 11) is 1.65. The lowest BCUT2D eigenvalue weighted by Crippen LogP contribution is -2.37. The first-order chi connectivity index (χ1) is 11.9. The third-order valence-electron chi connectivity index (χ3n) is 5.07. The second-order valence-electron chi connectivity index (χ2n) is 6.93. The fourth-order valence-electron chi connectivity index (χ4n) is 3.34. The topological polar surface area (TPSA) is 54.0 Å². The molecule has 0 aliphatic carbocycles. The molecule has 1 aliphatic heterocycles. The molecule has 25 heavy (non-hydrogen) atoms. The van der Waals surface area contributed by atoms with Crippen LogP contribution in [-0.2, 0) is 20.7 Å². The van der Waals surface area contributed by atoms with Gasteiger partial charge in [0.15, 0.2) is 6.79 Å². The van der Waals surface area contributed by atoms with E-state index in [1.165, 1.54) is 5.56 Å². The molecule has 0 radical (unpaired) electrons. The van der Waals surface area contributed by atoms with Crippen LogP contribution >= 0.6 is 0 Å². The molecule has 1 aromatic carbocycles. The van der Waals surface area contributed by atoms with Gasteiger partial charge >= 0.3 is 0 Å². The molecule has 1 heterocycles. The maximum absolute atomic E-state index is 10.7. The fraction of sp³-hybridized carbons (Fsp3) is 0.650. The van der Waals surface area contributed by atoms with Gasteiger partial charge in [-0.2, -0.15) is 0 Å². The van der Waals surface area contributed by atoms with Crippen LogP contribution in [0, 0.1) is 20.8 Å². The van der Waals surface area contributed by atoms with Crippen molar-refractivity contribution in [2.24, 2.45) is 0 Å². The van der Waals surface area contributed by atoms with Crippen molar-refractivity contribution in [3.63, 3.8) is 0 Å². The highest BCUT2D eigenvalue weighted by Crippen LogP contribution is 2.44. The Morgan fingerprint density at radius 2 is 1.92 bits per heavy atom. The van der Waals surface area contributed by atoms with Crippen LogP contribution in [0.2, 0.25) is 0 Å². The van der Waals surface area contributed by atoms with E-state index in [1.807, 2.05) is 6.92 Å². The molecule has 1 unspecified atom stereocenters. The van der Waals surface area contributed by atoms with E-state index in [1.54, 1.807) is 7.11 Å². The lowest BCUT2D eigenvalue weighted by molar-refractivity contribution is -0.108. The van der Waals surface area contributed by atoms with Crippen molar-refractivity contribution in [2.45, 2.75) is 59.0 Å². The first-order valence-corrected chi connectivity index (χ1v) is 8.88. The molecule has 0 saturated carbocycles. The summed E-state index contributed by atoms with van der Waals surface area (Å²) in [5, 5.41) is 0. The average molecular weight is 350 g/mol. The van der Waals surface area contributed by atoms with Gasteiger partial charge in [0.05, 0.1) is 13.2 Å². The zero-order valence-electron chi connectivity index (χ0n) is 16.1. The van der Waals surface area contributed by atoms with Crippen LogP contribution in [0.15, 0.2) is 0 Å². The van der Waals surface area contributed by atoms with Crippen molar-refractivity contribution in [2.75, 3.05) is 27.1 Å². The quantitative estimate of drug-likeness (QED) is 0.386. The summed E-state index contributed by atoms with van der Waals surface area (Å²) in [6, 6.07) is 0. The van der Waals surface area contributed by atoms with Gasteiger partial charge in [-0.1, -0.05) is 0 Å². The molecule has 5 heteroatoms. The second-order valence-corrected chi connectivity index (χ2v) is 6.93. The third kappa shape index (κ3) is 4.53. The Balaban J connectivity index is 2.19. The van der Waals surface area contributed by atoms with Gasteiger partial charge in [0.25, 0.3) is 0 Å². The second kappa shape index (κ2) is 8.68. The van der Waals surface area contributed by atoms with Gasteiger partial charge in [-0.3, -0.25) is 0 Å². The van der Waals surface area contributed by atoms with Gasteiger partial charge in [0.2, 0.25) is 0 Å². The molecule has 0 bridgehead atoms. The number of hydrogen-bond donors (Lipinski definition) is 0. The summed E-state index contributed by atoms with van der Waals surface area (Å²) in [4.78, 5) is 10.7. The SMILES string of the molecule is COCCOCOc1c(C)c(C)c2c(c1C)CCC(C)(CCC=O)O2. The van der Waals surface area contributed by atoms with E-state index in [-0.39, 0.29) is 12.4 Å². The number of rotatable bonds is 9. The van der Waals surface area contributed by atoms with Crippen LogP contribution in [0.4, 0.5) is 0 Å². The first-order valence-electron chi connectivity index (χ1n) is 8.88. The monoisotopic (exact) mass is 350 g/mol. The molecule has 140 valence electrons. The molecule has 1 aliphatic rings. The number of carbonyl (C=O) groups is 1. The minimum atomic E-state index is -0.275. The van der Waals surface area contributed by atoms with Crippen molar-refractivity contribution in [1.29, 1.82) is 0 Å². The maximum Gasteiger partial charge on any atom is 0.189 e. The minimum absolute atomic E-state index is 0.209. The van der Waals surface area contributed by atoms with Crippen molar-refractivity contribution >= 4 is 6.29 Å². The molecule has 0 saturated heterocycles. The Morgan fingerprint density at radius 1 is 1.16 bits per heavy atom. The molecule has 0 fully saturated rings. The number of aldehydes is 1. The summed E-state index contributed by atoms with van der Waals surface area (Å²) in [5.74, 6) is 1.84. The van der Waals surface area contributed by atoms with Crippen LogP contribution in [0.1, 0.15) is 48.4 Å². The standard InChI is InChI=1S/C20H30O5/c1-14-15(2)19-17(7-9-20(4,25-19)8-6-10-21)16(3)18(14)24-13-23-12-11-22-5/h10H,6-9,11-13H2,1-5H3. The highest BCUT2D eigenvalue weighted by Gasteiger charge is 2.34. The summed E-state index contributed by atoms with van der Waals surface area (Å²) in [6.07, 6.45) is 4.08. The minimum Gasteiger partial charge on any atom is -0.487 e. The Labute approximate surface area is 150 Å². The van der Waals surface area contributed by atoms with E-state index in [0.717, 1.165) is 53.7 Å². The van der Waals surface area contributed by atoms with Gasteiger partial charge in [-0.25, -0.2) is 0 Å². The Hall–Kier alpha value is -1.59. The van der Waals surface area contributed by atoms with Crippen LogP contribution in [0.3, 0.4) is 0 Å². The predicted molar refractivity (Wildman–Crippen MR) is 96.6 cm³/mol. The highest BCUT2D eigenvalue weighted by atomic mass is 16.7. The molecule has 1 atom stereocenters. The lowest BCUT2D eigenvalue weighted by Gasteiger charge is -2.38. The number of methoxy groups -OCH3 is 1. The van der Waals surface area contributed by atoms with Crippen molar-refractivity contribution in [3.8, 4) is 11.5 Å². The van der Waals surface area contributed by atoms with Crippen LogP contribution in [-0.4, -0.2) is 39.0 Å². The fourth-order valence-corrected chi connectivity index (χ4v) is 3.34. The van der Waals surface area contributed by atoms with Crippen LogP contribution in [0.5, 0.6) is 11.5 Å². The summed E-state index contributed by atoms with van der Waals surface area (Å²) in [5.41, 5.74) is 4.23. The molecule has 0 N–H and O–H groups in total. The zero-order valence-corrected chi connectivity index (χ0v) is 16.1. The molecule has 5 nitrogen and oxygen atoms in total. The van der Waals surface area contributed by atoms with Gasteiger partial charge in [-0.05, 0) is 63.6 Å². The molecule has 0 spiro atoms. The average Bonchev–Trinajstić information content (AvgIpc) is 2.60. The summed E-state index contributed by atoms with van der Waals surface area (Å²) in [6.45, 7) is 9.56. The van der Waals surface area contributed by atoms with Crippen LogP contribution < -0.4 is 9.47 Å². The van der Waals surface area contributed by atoms with Crippen molar-refractivity contribution < 1.29 is 23.7 Å². The van der Waals surface area contributed by atoms with Crippen molar-refractivity contribution in [3.05, 3.63) is 22.3 Å². The lowest BCUT2D eigenvalue weighted by atomic mass is 9.85. The number of carbonyl (C=O) groups excluding carboxylic acids is 1. The molecule has 0 aromatic heterocycles. The Kier molecular flexibility index (Phi) is 6.85. The van der Waals surface area contributed by atoms with Gasteiger partial charge < -0.3 is 23.7 Å². The zero-order chi connectivity index (χ0) is 18.4. The molecule has 1 aromatic rings. The molecule has 2 rings (SSSR count). The Bertz CT molecular complexity index is 611. The predicted octanol–water partition coefficient (Wildman–Crippen LogP) is 3.67. The van der Waals surface area contributed by atoms with Gasteiger partial charge in [0.1, 0.15) is 23.4 Å². The molecular weight excluding hydrogens is 320 g/mol. The van der Waals surface area contributed by atoms with E-state index in [9.17, 15) is 4.79 Å². The normalized spacial score (nSPS) is 19.2. The largest absolute Gasteiger partial charge is 0.487 e. The number of ether oxygens (including phenoxy) is 4. The van der Waals surface area contributed by atoms with E-state index in [0.29, 0.717) is 19.6 Å². The summed E-state index contributed by atoms with van der Waals surface area (Å²) < 4.78 is 22.7. The maximum atomic E-state index is 10.7. The molecule has 0 amide bonds. The van der Waals surface area contributed by atoms with Crippen LogP contribution in [0.25, 0.3) is 0 Å².